The number of alkyl halides is 3. The number of benzene rings is 1. The molecule has 1 aromatic heterocycles. The van der Waals surface area contributed by atoms with Gasteiger partial charge in [-0.1, -0.05) is 23.2 Å². The minimum atomic E-state index is -4.26. The second-order valence-corrected chi connectivity index (χ2v) is 6.65. The van der Waals surface area contributed by atoms with Gasteiger partial charge in [-0.05, 0) is 36.8 Å². The van der Waals surface area contributed by atoms with Crippen LogP contribution < -0.4 is 5.73 Å². The van der Waals surface area contributed by atoms with E-state index in [1.165, 1.54) is 12.3 Å². The van der Waals surface area contributed by atoms with Gasteiger partial charge in [0.1, 0.15) is 11.0 Å². The van der Waals surface area contributed by atoms with Crippen molar-refractivity contribution in [3.8, 4) is 0 Å². The summed E-state index contributed by atoms with van der Waals surface area (Å²) < 4.78 is 37.2. The third-order valence-electron chi connectivity index (χ3n) is 2.90. The van der Waals surface area contributed by atoms with Gasteiger partial charge in [-0.2, -0.15) is 13.2 Å². The molecule has 0 aliphatic carbocycles. The van der Waals surface area contributed by atoms with Gasteiger partial charge >= 0.3 is 6.18 Å². The molecule has 0 atom stereocenters. The van der Waals surface area contributed by atoms with E-state index >= 15 is 0 Å². The molecule has 0 unspecified atom stereocenters. The van der Waals surface area contributed by atoms with E-state index in [-0.39, 0.29) is 5.84 Å². The van der Waals surface area contributed by atoms with Crippen LogP contribution in [0.1, 0.15) is 11.1 Å². The van der Waals surface area contributed by atoms with Crippen molar-refractivity contribution in [3.63, 3.8) is 0 Å². The van der Waals surface area contributed by atoms with E-state index in [1.807, 2.05) is 0 Å². The molecular weight excluding hydrogens is 382 g/mol. The number of hydrogen-bond acceptors (Lipinski definition) is 3. The molecule has 24 heavy (non-hydrogen) atoms. The van der Waals surface area contributed by atoms with Crippen LogP contribution in [0.3, 0.4) is 0 Å². The van der Waals surface area contributed by atoms with Gasteiger partial charge in [-0.3, -0.25) is 0 Å². The van der Waals surface area contributed by atoms with Gasteiger partial charge in [0.25, 0.3) is 0 Å². The summed E-state index contributed by atoms with van der Waals surface area (Å²) in [7, 11) is 0. The maximum atomic E-state index is 12.4. The number of hydrogen-bond donors (Lipinski definition) is 1. The Kier molecular flexibility index (Phi) is 6.01. The van der Waals surface area contributed by atoms with Crippen LogP contribution in [-0.4, -0.2) is 22.7 Å². The van der Waals surface area contributed by atoms with E-state index < -0.39 is 11.9 Å². The maximum absolute atomic E-state index is 12.4. The first kappa shape index (κ1) is 18.9. The van der Waals surface area contributed by atoms with Crippen LogP contribution in [0.4, 0.5) is 18.9 Å². The van der Waals surface area contributed by atoms with Gasteiger partial charge in [-0.15, -0.1) is 11.8 Å². The molecule has 2 N–H and O–H groups in total. The van der Waals surface area contributed by atoms with Gasteiger partial charge in [0, 0.05) is 16.7 Å². The Morgan fingerprint density at radius 3 is 2.58 bits per heavy atom. The Bertz CT molecular complexity index is 762. The van der Waals surface area contributed by atoms with Gasteiger partial charge in [0.15, 0.2) is 0 Å². The zero-order chi connectivity index (χ0) is 17.9. The highest BCUT2D eigenvalue weighted by atomic mass is 35.5. The number of pyridine rings is 1. The Labute approximate surface area is 151 Å². The highest BCUT2D eigenvalue weighted by Gasteiger charge is 2.27. The molecule has 1 heterocycles. The molecule has 3 nitrogen and oxygen atoms in total. The number of nitrogens with two attached hydrogens (primary N) is 1. The topological polar surface area (TPSA) is 51.3 Å². The fourth-order valence-electron chi connectivity index (χ4n) is 1.76. The Balaban J connectivity index is 2.32. The number of amidine groups is 1. The monoisotopic (exact) mass is 393 g/mol. The fraction of sp³-hybridized carbons (Fsp3) is 0.200. The van der Waals surface area contributed by atoms with Crippen molar-refractivity contribution in [2.45, 2.75) is 18.0 Å². The minimum Gasteiger partial charge on any atom is -0.383 e. The lowest BCUT2D eigenvalue weighted by atomic mass is 10.2. The van der Waals surface area contributed by atoms with Crippen molar-refractivity contribution in [2.75, 3.05) is 5.75 Å². The number of aryl methyl sites for hydroxylation is 1. The summed E-state index contributed by atoms with van der Waals surface area (Å²) in [6.45, 7) is 1.69. The molecule has 0 amide bonds. The molecule has 0 aliphatic rings. The summed E-state index contributed by atoms with van der Waals surface area (Å²) in [5.74, 6) is -0.855. The van der Waals surface area contributed by atoms with E-state index in [2.05, 4.69) is 9.98 Å². The van der Waals surface area contributed by atoms with Crippen molar-refractivity contribution in [2.24, 2.45) is 10.7 Å². The lowest BCUT2D eigenvalue weighted by molar-refractivity contribution is -0.105. The number of thioether (sulfide) groups is 1. The highest BCUT2D eigenvalue weighted by molar-refractivity contribution is 7.99. The lowest BCUT2D eigenvalue weighted by Gasteiger charge is -2.11. The van der Waals surface area contributed by atoms with Crippen LogP contribution in [0.5, 0.6) is 0 Å². The zero-order valence-corrected chi connectivity index (χ0v) is 14.7. The first-order chi connectivity index (χ1) is 11.2. The standard InChI is InChI=1S/C15H12Cl2F3N3S/c1-8-4-10(16)11(5-12(8)24-7-15(18,19)20)23-14(21)9-2-3-13(17)22-6-9/h2-6H,7H2,1H3,(H2,21,23). The molecule has 0 saturated heterocycles. The van der Waals surface area contributed by atoms with E-state index in [0.29, 0.717) is 43.6 Å². The first-order valence-electron chi connectivity index (χ1n) is 6.61. The molecule has 1 aromatic carbocycles. The van der Waals surface area contributed by atoms with Crippen molar-refractivity contribution in [1.82, 2.24) is 4.98 Å². The van der Waals surface area contributed by atoms with Gasteiger partial charge in [0.05, 0.1) is 16.5 Å². The SMILES string of the molecule is Cc1cc(Cl)c(N=C(N)c2ccc(Cl)nc2)cc1SCC(F)(F)F. The summed E-state index contributed by atoms with van der Waals surface area (Å²) in [5.41, 5.74) is 7.36. The summed E-state index contributed by atoms with van der Waals surface area (Å²) in [5, 5.41) is 0.611. The molecule has 0 radical (unpaired) electrons. The minimum absolute atomic E-state index is 0.136. The normalized spacial score (nSPS) is 12.5. The number of rotatable bonds is 4. The summed E-state index contributed by atoms with van der Waals surface area (Å²) >= 11 is 12.5. The van der Waals surface area contributed by atoms with Gasteiger partial charge in [-0.25, -0.2) is 9.98 Å². The Morgan fingerprint density at radius 2 is 2.00 bits per heavy atom. The first-order valence-corrected chi connectivity index (χ1v) is 8.35. The molecule has 2 aromatic rings. The van der Waals surface area contributed by atoms with Crippen LogP contribution in [0, 0.1) is 6.92 Å². The van der Waals surface area contributed by atoms with E-state index in [0.717, 1.165) is 0 Å². The van der Waals surface area contributed by atoms with Crippen molar-refractivity contribution < 1.29 is 13.2 Å². The second kappa shape index (κ2) is 7.63. The summed E-state index contributed by atoms with van der Waals surface area (Å²) in [6, 6.07) is 6.24. The largest absolute Gasteiger partial charge is 0.398 e. The van der Waals surface area contributed by atoms with E-state index in [1.54, 1.807) is 25.1 Å². The van der Waals surface area contributed by atoms with E-state index in [9.17, 15) is 13.2 Å². The molecule has 2 rings (SSSR count). The molecule has 0 bridgehead atoms. The maximum Gasteiger partial charge on any atom is 0.398 e. The van der Waals surface area contributed by atoms with Crippen molar-refractivity contribution in [3.05, 3.63) is 51.8 Å². The average Bonchev–Trinajstić information content (AvgIpc) is 2.48. The average molecular weight is 394 g/mol. The number of nitrogens with zero attached hydrogens (tertiary/aromatic N) is 2. The quantitative estimate of drug-likeness (QED) is 0.328. The van der Waals surface area contributed by atoms with Crippen molar-refractivity contribution in [1.29, 1.82) is 0 Å². The second-order valence-electron chi connectivity index (χ2n) is 4.84. The third kappa shape index (κ3) is 5.29. The fourth-order valence-corrected chi connectivity index (χ4v) is 2.94. The van der Waals surface area contributed by atoms with Crippen LogP contribution in [-0.2, 0) is 0 Å². The summed E-state index contributed by atoms with van der Waals surface area (Å²) in [4.78, 5) is 8.53. The highest BCUT2D eigenvalue weighted by Crippen LogP contribution is 2.36. The number of aliphatic imine (C=N–C) groups is 1. The van der Waals surface area contributed by atoms with Crippen LogP contribution in [0.2, 0.25) is 10.2 Å². The van der Waals surface area contributed by atoms with Crippen molar-refractivity contribution >= 4 is 46.5 Å². The number of halogens is 5. The predicted octanol–water partition coefficient (Wildman–Crippen LogP) is 5.39. The number of aromatic nitrogens is 1. The molecule has 0 saturated carbocycles. The van der Waals surface area contributed by atoms with Gasteiger partial charge in [0.2, 0.25) is 0 Å². The zero-order valence-electron chi connectivity index (χ0n) is 12.4. The van der Waals surface area contributed by atoms with Gasteiger partial charge < -0.3 is 5.73 Å². The Morgan fingerprint density at radius 1 is 1.29 bits per heavy atom. The molecule has 128 valence electrons. The molecule has 0 fully saturated rings. The molecule has 0 spiro atoms. The van der Waals surface area contributed by atoms with E-state index in [4.69, 9.17) is 28.9 Å². The summed E-state index contributed by atoms with van der Waals surface area (Å²) in [6.07, 6.45) is -2.81. The lowest BCUT2D eigenvalue weighted by Crippen LogP contribution is -2.13. The Hall–Kier alpha value is -1.44. The molecule has 9 heteroatoms. The predicted molar refractivity (Wildman–Crippen MR) is 92.6 cm³/mol. The van der Waals surface area contributed by atoms with Crippen LogP contribution >= 0.6 is 35.0 Å². The van der Waals surface area contributed by atoms with Crippen LogP contribution in [0.15, 0.2) is 40.4 Å². The van der Waals surface area contributed by atoms with Crippen LogP contribution in [0.25, 0.3) is 0 Å². The third-order valence-corrected chi connectivity index (χ3v) is 4.65. The molecule has 0 aliphatic heterocycles. The smallest absolute Gasteiger partial charge is 0.383 e. The molecular formula is C15H12Cl2F3N3S.